The molecule has 9 heteroatoms. The summed E-state index contributed by atoms with van der Waals surface area (Å²) in [5.74, 6) is 0.852. The number of aromatic nitrogens is 5. The zero-order valence-electron chi connectivity index (χ0n) is 16.3. The van der Waals surface area contributed by atoms with Gasteiger partial charge in [0.25, 0.3) is 0 Å². The molecule has 0 unspecified atom stereocenters. The van der Waals surface area contributed by atoms with Crippen LogP contribution in [0.15, 0.2) is 41.7 Å². The summed E-state index contributed by atoms with van der Waals surface area (Å²) in [7, 11) is 1.82. The standard InChI is InChI=1S/C19H23FN6OS/c1-5-12(2)26-16(10-11-21-26)22-18(27)13(3)28-19-24-23-17(25(19)4)14-6-8-15(20)9-7-14/h6-13H,5H2,1-4H3,(H,22,27)/t12-,13-/m0/s1. The monoisotopic (exact) mass is 402 g/mol. The molecule has 0 spiro atoms. The van der Waals surface area contributed by atoms with Gasteiger partial charge in [-0.25, -0.2) is 9.07 Å². The Morgan fingerprint density at radius 2 is 1.93 bits per heavy atom. The van der Waals surface area contributed by atoms with Gasteiger partial charge in [-0.15, -0.1) is 10.2 Å². The van der Waals surface area contributed by atoms with E-state index in [1.54, 1.807) is 29.0 Å². The van der Waals surface area contributed by atoms with Gasteiger partial charge in [0, 0.05) is 18.7 Å². The molecule has 148 valence electrons. The molecule has 7 nitrogen and oxygen atoms in total. The fourth-order valence-corrected chi connectivity index (χ4v) is 3.46. The molecule has 28 heavy (non-hydrogen) atoms. The predicted molar refractivity (Wildman–Crippen MR) is 108 cm³/mol. The van der Waals surface area contributed by atoms with Crippen LogP contribution in [-0.4, -0.2) is 35.7 Å². The minimum atomic E-state index is -0.385. The molecule has 2 heterocycles. The number of rotatable bonds is 7. The van der Waals surface area contributed by atoms with Crippen LogP contribution in [0.1, 0.15) is 33.2 Å². The van der Waals surface area contributed by atoms with Crippen molar-refractivity contribution < 1.29 is 9.18 Å². The lowest BCUT2D eigenvalue weighted by Gasteiger charge is -2.16. The third-order valence-corrected chi connectivity index (χ3v) is 5.65. The van der Waals surface area contributed by atoms with Gasteiger partial charge in [0.1, 0.15) is 11.6 Å². The molecule has 0 bridgehead atoms. The first kappa shape index (κ1) is 20.1. The molecule has 2 aromatic heterocycles. The second kappa shape index (κ2) is 8.55. The van der Waals surface area contributed by atoms with Crippen molar-refractivity contribution >= 4 is 23.5 Å². The Morgan fingerprint density at radius 1 is 1.21 bits per heavy atom. The maximum absolute atomic E-state index is 13.1. The van der Waals surface area contributed by atoms with Crippen LogP contribution < -0.4 is 5.32 Å². The molecule has 0 saturated heterocycles. The second-order valence-corrected chi connectivity index (χ2v) is 7.85. The first-order valence-corrected chi connectivity index (χ1v) is 9.95. The number of hydrogen-bond acceptors (Lipinski definition) is 5. The number of nitrogens with zero attached hydrogens (tertiary/aromatic N) is 5. The molecule has 0 aliphatic carbocycles. The van der Waals surface area contributed by atoms with Crippen molar-refractivity contribution in [1.82, 2.24) is 24.5 Å². The van der Waals surface area contributed by atoms with E-state index in [0.29, 0.717) is 16.8 Å². The maximum Gasteiger partial charge on any atom is 0.238 e. The summed E-state index contributed by atoms with van der Waals surface area (Å²) in [6, 6.07) is 8.06. The highest BCUT2D eigenvalue weighted by atomic mass is 32.2. The normalized spacial score (nSPS) is 13.3. The summed E-state index contributed by atoms with van der Waals surface area (Å²) in [5.41, 5.74) is 0.762. The van der Waals surface area contributed by atoms with E-state index in [-0.39, 0.29) is 23.0 Å². The van der Waals surface area contributed by atoms with E-state index in [1.807, 2.05) is 18.7 Å². The fraction of sp³-hybridized carbons (Fsp3) is 0.368. The average molecular weight is 402 g/mol. The number of benzene rings is 1. The number of thioether (sulfide) groups is 1. The van der Waals surface area contributed by atoms with E-state index in [2.05, 4.69) is 34.5 Å². The van der Waals surface area contributed by atoms with Crippen LogP contribution in [0.4, 0.5) is 10.2 Å². The molecule has 3 rings (SSSR count). The van der Waals surface area contributed by atoms with Crippen LogP contribution in [0, 0.1) is 5.82 Å². The summed E-state index contributed by atoms with van der Waals surface area (Å²) in [6.45, 7) is 5.94. The number of nitrogens with one attached hydrogen (secondary N) is 1. The molecular formula is C19H23FN6OS. The SMILES string of the molecule is CC[C@H](C)n1nccc1NC(=O)[C@H](C)Sc1nnc(-c2ccc(F)cc2)n1C. The van der Waals surface area contributed by atoms with Gasteiger partial charge in [-0.1, -0.05) is 18.7 Å². The highest BCUT2D eigenvalue weighted by Crippen LogP contribution is 2.26. The summed E-state index contributed by atoms with van der Waals surface area (Å²) in [5, 5.41) is 15.8. The molecular weight excluding hydrogens is 379 g/mol. The van der Waals surface area contributed by atoms with Crippen LogP contribution in [0.25, 0.3) is 11.4 Å². The van der Waals surface area contributed by atoms with Gasteiger partial charge < -0.3 is 9.88 Å². The smallest absolute Gasteiger partial charge is 0.238 e. The average Bonchev–Trinajstić information content (AvgIpc) is 3.29. The summed E-state index contributed by atoms with van der Waals surface area (Å²) < 4.78 is 16.7. The highest BCUT2D eigenvalue weighted by molar-refractivity contribution is 8.00. The number of amides is 1. The van der Waals surface area contributed by atoms with E-state index >= 15 is 0 Å². The van der Waals surface area contributed by atoms with Crippen molar-refractivity contribution in [3.63, 3.8) is 0 Å². The molecule has 3 aromatic rings. The second-order valence-electron chi connectivity index (χ2n) is 6.54. The number of carbonyl (C=O) groups excluding carboxylic acids is 1. The quantitative estimate of drug-likeness (QED) is 0.606. The number of carbonyl (C=O) groups is 1. The molecule has 0 fully saturated rings. The zero-order chi connectivity index (χ0) is 20.3. The zero-order valence-corrected chi connectivity index (χ0v) is 17.1. The first-order valence-electron chi connectivity index (χ1n) is 9.07. The van der Waals surface area contributed by atoms with Crippen molar-refractivity contribution in [3.8, 4) is 11.4 Å². The van der Waals surface area contributed by atoms with E-state index in [1.165, 1.54) is 23.9 Å². The van der Waals surface area contributed by atoms with Crippen molar-refractivity contribution in [1.29, 1.82) is 0 Å². The van der Waals surface area contributed by atoms with Crippen LogP contribution in [0.3, 0.4) is 0 Å². The van der Waals surface area contributed by atoms with Gasteiger partial charge in [0.2, 0.25) is 5.91 Å². The van der Waals surface area contributed by atoms with Gasteiger partial charge >= 0.3 is 0 Å². The molecule has 2 atom stereocenters. The van der Waals surface area contributed by atoms with Gasteiger partial charge in [-0.05, 0) is 44.5 Å². The van der Waals surface area contributed by atoms with E-state index < -0.39 is 0 Å². The lowest BCUT2D eigenvalue weighted by atomic mass is 10.2. The van der Waals surface area contributed by atoms with Gasteiger partial charge in [-0.3, -0.25) is 4.79 Å². The van der Waals surface area contributed by atoms with Crippen LogP contribution in [-0.2, 0) is 11.8 Å². The van der Waals surface area contributed by atoms with Gasteiger partial charge in [0.15, 0.2) is 11.0 Å². The van der Waals surface area contributed by atoms with Crippen molar-refractivity contribution in [2.24, 2.45) is 7.05 Å². The Bertz CT molecular complexity index is 952. The third kappa shape index (κ3) is 4.24. The lowest BCUT2D eigenvalue weighted by molar-refractivity contribution is -0.115. The third-order valence-electron chi connectivity index (χ3n) is 4.52. The van der Waals surface area contributed by atoms with Crippen molar-refractivity contribution in [3.05, 3.63) is 42.3 Å². The molecule has 0 aliphatic rings. The maximum atomic E-state index is 13.1. The topological polar surface area (TPSA) is 77.6 Å². The minimum absolute atomic E-state index is 0.138. The van der Waals surface area contributed by atoms with Crippen LogP contribution >= 0.6 is 11.8 Å². The van der Waals surface area contributed by atoms with E-state index in [0.717, 1.165) is 12.0 Å². The molecule has 1 aromatic carbocycles. The minimum Gasteiger partial charge on any atom is -0.310 e. The summed E-state index contributed by atoms with van der Waals surface area (Å²) >= 11 is 1.31. The Labute approximate surface area is 167 Å². The predicted octanol–water partition coefficient (Wildman–Crippen LogP) is 3.91. The van der Waals surface area contributed by atoms with E-state index in [9.17, 15) is 9.18 Å². The van der Waals surface area contributed by atoms with Crippen LogP contribution in [0.5, 0.6) is 0 Å². The first-order chi connectivity index (χ1) is 13.4. The molecule has 1 N–H and O–H groups in total. The number of anilines is 1. The number of halogens is 1. The van der Waals surface area contributed by atoms with Gasteiger partial charge in [0.05, 0.1) is 17.5 Å². The Balaban J connectivity index is 1.70. The fourth-order valence-electron chi connectivity index (χ4n) is 2.64. The molecule has 0 saturated carbocycles. The number of hydrogen-bond donors (Lipinski definition) is 1. The Kier molecular flexibility index (Phi) is 6.13. The molecule has 0 aliphatic heterocycles. The summed E-state index contributed by atoms with van der Waals surface area (Å²) in [6.07, 6.45) is 2.59. The molecule has 0 radical (unpaired) electrons. The molecule has 1 amide bonds. The van der Waals surface area contributed by atoms with E-state index in [4.69, 9.17) is 0 Å². The highest BCUT2D eigenvalue weighted by Gasteiger charge is 2.21. The Morgan fingerprint density at radius 3 is 2.61 bits per heavy atom. The lowest BCUT2D eigenvalue weighted by Crippen LogP contribution is -2.25. The summed E-state index contributed by atoms with van der Waals surface area (Å²) in [4.78, 5) is 12.6. The largest absolute Gasteiger partial charge is 0.310 e. The van der Waals surface area contributed by atoms with Crippen LogP contribution in [0.2, 0.25) is 0 Å². The Hall–Kier alpha value is -2.68. The van der Waals surface area contributed by atoms with Gasteiger partial charge in [-0.2, -0.15) is 5.10 Å². The van der Waals surface area contributed by atoms with Crippen molar-refractivity contribution in [2.45, 2.75) is 43.6 Å². The van der Waals surface area contributed by atoms with Crippen molar-refractivity contribution in [2.75, 3.05) is 5.32 Å².